The van der Waals surface area contributed by atoms with Crippen LogP contribution < -0.4 is 10.5 Å². The van der Waals surface area contributed by atoms with Gasteiger partial charge in [0.2, 0.25) is 0 Å². The zero-order valence-electron chi connectivity index (χ0n) is 8.77. The first-order valence-corrected chi connectivity index (χ1v) is 4.80. The molecule has 0 spiro atoms. The van der Waals surface area contributed by atoms with Crippen molar-refractivity contribution in [2.75, 3.05) is 7.11 Å². The van der Waals surface area contributed by atoms with Crippen molar-refractivity contribution in [1.29, 1.82) is 0 Å². The lowest BCUT2D eigenvalue weighted by Gasteiger charge is -2.14. The van der Waals surface area contributed by atoms with Crippen molar-refractivity contribution in [3.8, 4) is 5.75 Å². The molecule has 3 N–H and O–H groups in total. The highest BCUT2D eigenvalue weighted by atomic mass is 19.1. The number of methoxy groups -OCH3 is 1. The zero-order chi connectivity index (χ0) is 11.5. The number of aromatic nitrogens is 2. The summed E-state index contributed by atoms with van der Waals surface area (Å²) in [5, 5.41) is 6.56. The van der Waals surface area contributed by atoms with Crippen LogP contribution in [0.1, 0.15) is 17.3 Å². The number of hydrogen-bond donors (Lipinski definition) is 2. The van der Waals surface area contributed by atoms with Crippen molar-refractivity contribution in [2.24, 2.45) is 5.73 Å². The van der Waals surface area contributed by atoms with Crippen LogP contribution in [0.4, 0.5) is 4.39 Å². The lowest BCUT2D eigenvalue weighted by atomic mass is 10.0. The first kappa shape index (κ1) is 10.6. The van der Waals surface area contributed by atoms with Gasteiger partial charge in [-0.05, 0) is 24.3 Å². The summed E-state index contributed by atoms with van der Waals surface area (Å²) in [4.78, 5) is 0. The first-order valence-electron chi connectivity index (χ1n) is 4.80. The van der Waals surface area contributed by atoms with Gasteiger partial charge in [0.1, 0.15) is 11.6 Å². The van der Waals surface area contributed by atoms with Gasteiger partial charge < -0.3 is 10.5 Å². The minimum absolute atomic E-state index is 0.342. The second-order valence-electron chi connectivity index (χ2n) is 3.38. The van der Waals surface area contributed by atoms with E-state index < -0.39 is 6.04 Å². The van der Waals surface area contributed by atoms with E-state index in [-0.39, 0.29) is 5.82 Å². The summed E-state index contributed by atoms with van der Waals surface area (Å²) in [7, 11) is 1.52. The van der Waals surface area contributed by atoms with Gasteiger partial charge in [-0.15, -0.1) is 0 Å². The van der Waals surface area contributed by atoms with Crippen LogP contribution in [0.3, 0.4) is 0 Å². The minimum atomic E-state index is -0.479. The van der Waals surface area contributed by atoms with Gasteiger partial charge in [-0.3, -0.25) is 5.10 Å². The summed E-state index contributed by atoms with van der Waals surface area (Å²) in [6.45, 7) is 0. The van der Waals surface area contributed by atoms with Crippen LogP contribution in [0.5, 0.6) is 5.75 Å². The molecule has 2 aromatic rings. The maximum atomic E-state index is 13.1. The van der Waals surface area contributed by atoms with E-state index in [0.29, 0.717) is 17.0 Å². The molecule has 0 aliphatic heterocycles. The lowest BCUT2D eigenvalue weighted by Crippen LogP contribution is -2.13. The molecule has 1 aromatic carbocycles. The topological polar surface area (TPSA) is 63.9 Å². The molecule has 84 valence electrons. The molecule has 16 heavy (non-hydrogen) atoms. The molecule has 0 bridgehead atoms. The predicted octanol–water partition coefficient (Wildman–Crippen LogP) is 1.61. The van der Waals surface area contributed by atoms with Gasteiger partial charge in [-0.2, -0.15) is 5.10 Å². The van der Waals surface area contributed by atoms with Gasteiger partial charge in [0.05, 0.1) is 18.8 Å². The summed E-state index contributed by atoms with van der Waals surface area (Å²) < 4.78 is 18.3. The molecule has 0 radical (unpaired) electrons. The van der Waals surface area contributed by atoms with Crippen LogP contribution in [0.15, 0.2) is 30.5 Å². The first-order chi connectivity index (χ1) is 7.72. The number of halogens is 1. The predicted molar refractivity (Wildman–Crippen MR) is 57.6 cm³/mol. The number of nitrogens with zero attached hydrogens (tertiary/aromatic N) is 1. The largest absolute Gasteiger partial charge is 0.496 e. The van der Waals surface area contributed by atoms with Gasteiger partial charge in [0, 0.05) is 11.8 Å². The molecule has 0 aliphatic carbocycles. The van der Waals surface area contributed by atoms with E-state index in [1.54, 1.807) is 18.3 Å². The molecule has 0 amide bonds. The van der Waals surface area contributed by atoms with Crippen LogP contribution >= 0.6 is 0 Å². The Balaban J connectivity index is 2.42. The van der Waals surface area contributed by atoms with Crippen LogP contribution in [0, 0.1) is 5.82 Å². The Morgan fingerprint density at radius 2 is 2.25 bits per heavy atom. The van der Waals surface area contributed by atoms with E-state index in [9.17, 15) is 4.39 Å². The second-order valence-corrected chi connectivity index (χ2v) is 3.38. The standard InChI is InChI=1S/C11H12FN3O/c1-16-10-3-2-7(12)6-8(10)11(13)9-4-5-14-15-9/h2-6,11H,13H2,1H3,(H,14,15). The van der Waals surface area contributed by atoms with E-state index >= 15 is 0 Å². The molecule has 1 heterocycles. The third-order valence-electron chi connectivity index (χ3n) is 2.38. The maximum absolute atomic E-state index is 13.1. The third-order valence-corrected chi connectivity index (χ3v) is 2.38. The van der Waals surface area contributed by atoms with E-state index in [0.717, 1.165) is 0 Å². The summed E-state index contributed by atoms with van der Waals surface area (Å²) >= 11 is 0. The fraction of sp³-hybridized carbons (Fsp3) is 0.182. The Morgan fingerprint density at radius 3 is 2.88 bits per heavy atom. The Bertz CT molecular complexity index is 470. The smallest absolute Gasteiger partial charge is 0.124 e. The molecule has 0 saturated carbocycles. The molecular weight excluding hydrogens is 209 g/mol. The molecule has 0 saturated heterocycles. The highest BCUT2D eigenvalue weighted by Crippen LogP contribution is 2.27. The number of nitrogens with two attached hydrogens (primary N) is 1. The fourth-order valence-corrected chi connectivity index (χ4v) is 1.56. The second kappa shape index (κ2) is 4.32. The monoisotopic (exact) mass is 221 g/mol. The quantitative estimate of drug-likeness (QED) is 0.827. The van der Waals surface area contributed by atoms with Crippen LogP contribution in [0.2, 0.25) is 0 Å². The molecule has 1 unspecified atom stereocenters. The average molecular weight is 221 g/mol. The van der Waals surface area contributed by atoms with Crippen molar-refractivity contribution in [1.82, 2.24) is 10.2 Å². The van der Waals surface area contributed by atoms with E-state index in [2.05, 4.69) is 10.2 Å². The third kappa shape index (κ3) is 1.90. The Morgan fingerprint density at radius 1 is 1.44 bits per heavy atom. The number of H-pyrrole nitrogens is 1. The summed E-state index contributed by atoms with van der Waals surface area (Å²) in [6, 6.07) is 5.52. The number of benzene rings is 1. The molecule has 1 aromatic heterocycles. The van der Waals surface area contributed by atoms with Gasteiger partial charge in [0.15, 0.2) is 0 Å². The van der Waals surface area contributed by atoms with Crippen molar-refractivity contribution in [3.05, 3.63) is 47.5 Å². The van der Waals surface area contributed by atoms with Gasteiger partial charge in [0.25, 0.3) is 0 Å². The van der Waals surface area contributed by atoms with Crippen LogP contribution in [0.25, 0.3) is 0 Å². The molecule has 4 nitrogen and oxygen atoms in total. The number of aromatic amines is 1. The lowest BCUT2D eigenvalue weighted by molar-refractivity contribution is 0.406. The minimum Gasteiger partial charge on any atom is -0.496 e. The van der Waals surface area contributed by atoms with Gasteiger partial charge in [-0.25, -0.2) is 4.39 Å². The van der Waals surface area contributed by atoms with E-state index in [1.165, 1.54) is 19.2 Å². The summed E-state index contributed by atoms with van der Waals surface area (Å²) in [5.41, 5.74) is 7.29. The van der Waals surface area contributed by atoms with Crippen LogP contribution in [-0.2, 0) is 0 Å². The molecule has 0 fully saturated rings. The Hall–Kier alpha value is -1.88. The molecule has 0 aliphatic rings. The SMILES string of the molecule is COc1ccc(F)cc1C(N)c1ccn[nH]1. The van der Waals surface area contributed by atoms with Crippen molar-refractivity contribution in [3.63, 3.8) is 0 Å². The Labute approximate surface area is 92.2 Å². The number of rotatable bonds is 3. The maximum Gasteiger partial charge on any atom is 0.124 e. The molecule has 1 atom stereocenters. The van der Waals surface area contributed by atoms with Crippen molar-refractivity contribution >= 4 is 0 Å². The van der Waals surface area contributed by atoms with Crippen molar-refractivity contribution in [2.45, 2.75) is 6.04 Å². The van der Waals surface area contributed by atoms with E-state index in [1.807, 2.05) is 0 Å². The summed E-state index contributed by atoms with van der Waals surface area (Å²) in [5.74, 6) is 0.217. The highest BCUT2D eigenvalue weighted by Gasteiger charge is 2.15. The van der Waals surface area contributed by atoms with Crippen LogP contribution in [-0.4, -0.2) is 17.3 Å². The van der Waals surface area contributed by atoms with E-state index in [4.69, 9.17) is 10.5 Å². The number of nitrogens with one attached hydrogen (secondary N) is 1. The highest BCUT2D eigenvalue weighted by molar-refractivity contribution is 5.39. The molecular formula is C11H12FN3O. The number of hydrogen-bond acceptors (Lipinski definition) is 3. The average Bonchev–Trinajstić information content (AvgIpc) is 2.81. The zero-order valence-corrected chi connectivity index (χ0v) is 8.77. The summed E-state index contributed by atoms with van der Waals surface area (Å²) in [6.07, 6.45) is 1.60. The Kier molecular flexibility index (Phi) is 2.87. The van der Waals surface area contributed by atoms with Gasteiger partial charge >= 0.3 is 0 Å². The molecule has 2 rings (SSSR count). The fourth-order valence-electron chi connectivity index (χ4n) is 1.56. The van der Waals surface area contributed by atoms with Crippen molar-refractivity contribution < 1.29 is 9.13 Å². The number of ether oxygens (including phenoxy) is 1. The normalized spacial score (nSPS) is 12.4. The molecule has 5 heteroatoms. The van der Waals surface area contributed by atoms with Gasteiger partial charge in [-0.1, -0.05) is 0 Å².